The van der Waals surface area contributed by atoms with Crippen molar-refractivity contribution < 1.29 is 91.6 Å². The van der Waals surface area contributed by atoms with Crippen LogP contribution in [0.2, 0.25) is 0 Å². The number of imide groups is 1. The summed E-state index contributed by atoms with van der Waals surface area (Å²) in [4.78, 5) is 197. The van der Waals surface area contributed by atoms with Gasteiger partial charge in [0.05, 0.1) is 32.7 Å². The highest BCUT2D eigenvalue weighted by atomic mass is 16.6. The maximum atomic E-state index is 14.5. The third kappa shape index (κ3) is 27.8. The number of nitrogens with zero attached hydrogens (tertiary/aromatic N) is 1. The van der Waals surface area contributed by atoms with E-state index in [1.807, 2.05) is 0 Å². The van der Waals surface area contributed by atoms with E-state index < -0.39 is 196 Å². The summed E-state index contributed by atoms with van der Waals surface area (Å²) in [6, 6.07) is 11.2. The number of alkyl carbamates (subject to hydrolysis) is 1. The summed E-state index contributed by atoms with van der Waals surface area (Å²) in [5.74, 6) is -14.3. The normalized spacial score (nSPS) is 13.3. The number of benzene rings is 3. The van der Waals surface area contributed by atoms with Gasteiger partial charge < -0.3 is 96.2 Å². The molecule has 0 saturated heterocycles. The Morgan fingerprint density at radius 3 is 1.43 bits per heavy atom. The van der Waals surface area contributed by atoms with Gasteiger partial charge in [-0.05, 0) is 62.3 Å². The highest BCUT2D eigenvalue weighted by Crippen LogP contribution is 2.17. The minimum absolute atomic E-state index is 0.0408. The maximum absolute atomic E-state index is 14.5. The van der Waals surface area contributed by atoms with Crippen molar-refractivity contribution in [3.8, 4) is 0 Å². The van der Waals surface area contributed by atoms with Crippen molar-refractivity contribution in [2.75, 3.05) is 32.8 Å². The second-order valence-corrected chi connectivity index (χ2v) is 20.5. The van der Waals surface area contributed by atoms with E-state index in [-0.39, 0.29) is 45.3 Å². The fourth-order valence-corrected chi connectivity index (χ4v) is 8.35. The summed E-state index contributed by atoms with van der Waals surface area (Å²) in [7, 11) is 0. The van der Waals surface area contributed by atoms with Gasteiger partial charge in [-0.2, -0.15) is 0 Å². The number of nitrogens with two attached hydrogens (primary N) is 5. The fourth-order valence-electron chi connectivity index (χ4n) is 8.35. The van der Waals surface area contributed by atoms with Gasteiger partial charge in [0.2, 0.25) is 70.9 Å². The summed E-state index contributed by atoms with van der Waals surface area (Å²) in [6.45, 7) is -3.58. The topological polar surface area (TPSA) is 557 Å². The molecule has 0 aliphatic carbocycles. The van der Waals surface area contributed by atoms with Gasteiger partial charge in [-0.15, -0.1) is 0 Å². The van der Waals surface area contributed by atoms with E-state index in [9.17, 15) is 82.1 Å². The molecule has 0 aliphatic heterocycles. The molecule has 0 spiro atoms. The molecule has 0 fully saturated rings. The van der Waals surface area contributed by atoms with Gasteiger partial charge in [-0.25, -0.2) is 14.5 Å². The molecule has 3 rings (SSSR count). The van der Waals surface area contributed by atoms with E-state index in [1.165, 1.54) is 0 Å². The zero-order chi connectivity index (χ0) is 68.3. The average Bonchev–Trinajstić information content (AvgIpc) is 1.10. The van der Waals surface area contributed by atoms with Crippen molar-refractivity contribution in [2.45, 2.75) is 126 Å². The van der Waals surface area contributed by atoms with Gasteiger partial charge in [0.25, 0.3) is 5.91 Å². The number of hydrogen-bond acceptors (Lipinski definition) is 20. The lowest BCUT2D eigenvalue weighted by Crippen LogP contribution is -2.61. The molecule has 0 heterocycles. The highest BCUT2D eigenvalue weighted by molar-refractivity contribution is 6.03. The molecule has 21 N–H and O–H groups in total. The smallest absolute Gasteiger partial charge is 0.417 e. The molecule has 0 aromatic heterocycles. The van der Waals surface area contributed by atoms with Gasteiger partial charge in [-0.3, -0.25) is 62.3 Å². The number of carbonyl (C=O) groups is 15. The van der Waals surface area contributed by atoms with Gasteiger partial charge in [0, 0.05) is 19.3 Å². The number of carbonyl (C=O) groups excluding carboxylic acids is 15. The first-order valence-electron chi connectivity index (χ1n) is 28.7. The van der Waals surface area contributed by atoms with Crippen LogP contribution in [0.1, 0.15) is 75.0 Å². The first kappa shape index (κ1) is 75.6. The number of amides is 15. The van der Waals surface area contributed by atoms with Crippen LogP contribution in [0.3, 0.4) is 0 Å². The number of primary amides is 4. The van der Waals surface area contributed by atoms with Crippen molar-refractivity contribution in [2.24, 2.45) is 28.7 Å². The number of unbranched alkanes of at least 4 members (excludes halogenated alkanes) is 1. The van der Waals surface area contributed by atoms with Crippen LogP contribution in [0.5, 0.6) is 0 Å². The summed E-state index contributed by atoms with van der Waals surface area (Å²) >= 11 is 0. The number of aliphatic hydroxyl groups is 2. The Morgan fingerprint density at radius 2 is 0.924 bits per heavy atom. The Kier molecular flexibility index (Phi) is 33.0. The van der Waals surface area contributed by atoms with Crippen LogP contribution in [0, 0.1) is 0 Å². The van der Waals surface area contributed by atoms with Crippen LogP contribution in [-0.4, -0.2) is 185 Å². The lowest BCUT2D eigenvalue weighted by Gasteiger charge is -2.32. The fraction of sp³-hybridized carbons (Fsp3) is 0.431. The number of nitrogens with one attached hydrogen (secondary N) is 9. The maximum Gasteiger partial charge on any atom is 0.417 e. The van der Waals surface area contributed by atoms with Crippen LogP contribution < -0.4 is 76.5 Å². The lowest BCUT2D eigenvalue weighted by atomic mass is 10.0. The number of ether oxygens (including phenoxy) is 2. The van der Waals surface area contributed by atoms with Crippen LogP contribution >= 0.6 is 0 Å². The van der Waals surface area contributed by atoms with E-state index >= 15 is 0 Å². The van der Waals surface area contributed by atoms with Crippen molar-refractivity contribution in [1.82, 2.24) is 52.8 Å². The highest BCUT2D eigenvalue weighted by Gasteiger charge is 2.41. The number of aliphatic hydroxyl groups excluding tert-OH is 2. The zero-order valence-electron chi connectivity index (χ0n) is 50.3. The monoisotopic (exact) mass is 1290 g/mol. The number of hydrogen-bond donors (Lipinski definition) is 16. The van der Waals surface area contributed by atoms with Crippen molar-refractivity contribution >= 4 is 89.0 Å². The van der Waals surface area contributed by atoms with E-state index in [0.717, 1.165) is 6.92 Å². The summed E-state index contributed by atoms with van der Waals surface area (Å²) in [5.41, 5.74) is 28.8. The van der Waals surface area contributed by atoms with Gasteiger partial charge in [0.15, 0.2) is 0 Å². The van der Waals surface area contributed by atoms with Gasteiger partial charge in [0.1, 0.15) is 61.5 Å². The van der Waals surface area contributed by atoms with Crippen LogP contribution in [0.25, 0.3) is 0 Å². The summed E-state index contributed by atoms with van der Waals surface area (Å²) in [5, 5.41) is 40.5. The lowest BCUT2D eigenvalue weighted by molar-refractivity contribution is -0.143. The molecule has 0 radical (unpaired) electrons. The van der Waals surface area contributed by atoms with E-state index in [1.54, 1.807) is 91.0 Å². The van der Waals surface area contributed by atoms with E-state index in [0.29, 0.717) is 21.6 Å². The van der Waals surface area contributed by atoms with Gasteiger partial charge >= 0.3 is 12.2 Å². The third-order valence-electron chi connectivity index (χ3n) is 13.2. The zero-order valence-corrected chi connectivity index (χ0v) is 50.3. The molecule has 3 aromatic carbocycles. The molecule has 92 heavy (non-hydrogen) atoms. The van der Waals surface area contributed by atoms with E-state index in [2.05, 4.69) is 47.9 Å². The number of rotatable bonds is 40. The molecule has 8 atom stereocenters. The predicted octanol–water partition coefficient (Wildman–Crippen LogP) is -5.78. The quantitative estimate of drug-likeness (QED) is 0.0236. The molecule has 15 amide bonds. The molecule has 0 bridgehead atoms. The standard InChI is InChI=1S/C58H79N15O19/c1-33(66-51(83)38(21-23-45(61)77)72-57(89)91-31-35-15-7-3-8-16-35)56(88)73(58(90)92-32-36-17-9-4-10-18-36)43(19-11-12-24-59)55(87)71-42(30-75)54(86)68-37(20-22-44(60)76)50(82)65-27-47(79)64-28-48(80)67-41(29-74)53(85)70-40(26-46(62)78)52(84)69-39(49(63)81)25-34-13-5-2-6-14-34/h2-10,13-18,33,37-43,74-75H,11-12,19-32,59H2,1H3,(H2,60,76)(H2,61,77)(H2,62,78)(H2,63,81)(H,64,79)(H,65,82)(H,66,83)(H,67,80)(H,68,86)(H,69,84)(H,70,85)(H,71,87)(H,72,89). The van der Waals surface area contributed by atoms with E-state index in [4.69, 9.17) is 38.1 Å². The molecule has 34 heteroatoms. The van der Waals surface area contributed by atoms with Crippen molar-refractivity contribution in [3.63, 3.8) is 0 Å². The minimum Gasteiger partial charge on any atom is -0.445 e. The third-order valence-corrected chi connectivity index (χ3v) is 13.2. The van der Waals surface area contributed by atoms with Crippen LogP contribution in [-0.2, 0) is 91.4 Å². The van der Waals surface area contributed by atoms with Crippen LogP contribution in [0.15, 0.2) is 91.0 Å². The minimum atomic E-state index is -1.99. The Balaban J connectivity index is 1.76. The molecule has 500 valence electrons. The summed E-state index contributed by atoms with van der Waals surface area (Å²) < 4.78 is 10.7. The molecule has 0 aliphatic rings. The van der Waals surface area contributed by atoms with Gasteiger partial charge in [-0.1, -0.05) is 91.0 Å². The Morgan fingerprint density at radius 1 is 0.467 bits per heavy atom. The Hall–Kier alpha value is -10.6. The molecule has 3 aromatic rings. The van der Waals surface area contributed by atoms with Crippen LogP contribution in [0.4, 0.5) is 9.59 Å². The second-order valence-electron chi connectivity index (χ2n) is 20.5. The second kappa shape index (κ2) is 40.1. The predicted molar refractivity (Wildman–Crippen MR) is 321 cm³/mol. The molecule has 8 unspecified atom stereocenters. The molecular formula is C58H79N15O19. The average molecular weight is 1290 g/mol. The van der Waals surface area contributed by atoms with Crippen molar-refractivity contribution in [3.05, 3.63) is 108 Å². The SMILES string of the molecule is CC(NC(=O)C(CCC(N)=O)NC(=O)OCc1ccccc1)C(=O)N(C(=O)OCc1ccccc1)C(CCCCN)C(=O)NC(CO)C(=O)NC(CCC(N)=O)C(=O)NCC(=O)NCC(=O)NC(CO)C(=O)NC(CC(N)=O)C(=O)NC(Cc1ccccc1)C(N)=O. The Labute approximate surface area is 527 Å². The Bertz CT molecular complexity index is 3040. The van der Waals surface area contributed by atoms with Crippen molar-refractivity contribution in [1.29, 1.82) is 0 Å². The molecular weight excluding hydrogens is 1210 g/mol. The first-order valence-corrected chi connectivity index (χ1v) is 28.7. The molecule has 0 saturated carbocycles. The largest absolute Gasteiger partial charge is 0.445 e. The summed E-state index contributed by atoms with van der Waals surface area (Å²) in [6.07, 6.45) is -5.39. The first-order chi connectivity index (χ1) is 43.8. The molecule has 34 nitrogen and oxygen atoms in total.